The molecule has 0 aromatic heterocycles. The number of nitrogens with one attached hydrogen (secondary N) is 1. The monoisotopic (exact) mass is 185 g/mol. The lowest BCUT2D eigenvalue weighted by Crippen LogP contribution is -1.88. The van der Waals surface area contributed by atoms with Gasteiger partial charge in [0.05, 0.1) is 6.61 Å². The summed E-state index contributed by atoms with van der Waals surface area (Å²) in [6.07, 6.45) is 1.34. The molecule has 0 heterocycles. The van der Waals surface area contributed by atoms with E-state index in [9.17, 15) is 0 Å². The number of hydrogen-bond acceptors (Lipinski definition) is 2. The fraction of sp³-hybridized carbons (Fsp3) is 0.0833. The van der Waals surface area contributed by atoms with Crippen molar-refractivity contribution in [1.29, 1.82) is 5.41 Å². The summed E-state index contributed by atoms with van der Waals surface area (Å²) in [6, 6.07) is 11.5. The van der Waals surface area contributed by atoms with Gasteiger partial charge in [0.2, 0.25) is 0 Å². The van der Waals surface area contributed by atoms with Crippen LogP contribution in [-0.2, 0) is 6.61 Å². The van der Waals surface area contributed by atoms with E-state index in [1.807, 2.05) is 36.4 Å². The smallest absolute Gasteiger partial charge is 0.0687 e. The molecule has 14 heavy (non-hydrogen) atoms. The van der Waals surface area contributed by atoms with Gasteiger partial charge in [-0.1, -0.05) is 36.4 Å². The summed E-state index contributed by atoms with van der Waals surface area (Å²) in [6.45, 7) is 0.0405. The Balaban J connectivity index is 2.84. The zero-order valence-corrected chi connectivity index (χ0v) is 7.70. The number of aliphatic hydroxyl groups is 1. The normalized spacial score (nSPS) is 10.4. The third kappa shape index (κ3) is 1.30. The number of fused-ring (bicyclic) bond motifs is 1. The predicted octanol–water partition coefficient (Wildman–Crippen LogP) is 2.33. The molecule has 0 atom stereocenters. The quantitative estimate of drug-likeness (QED) is 0.693. The van der Waals surface area contributed by atoms with E-state index < -0.39 is 0 Å². The standard InChI is InChI=1S/C12H11NO/c13-7-9-3-1-6-12-10(8-14)4-2-5-11(9)12/h1-7,13-14H,8H2. The second kappa shape index (κ2) is 3.60. The second-order valence-corrected chi connectivity index (χ2v) is 3.16. The summed E-state index contributed by atoms with van der Waals surface area (Å²) in [5, 5.41) is 18.5. The highest BCUT2D eigenvalue weighted by atomic mass is 16.3. The molecular formula is C12H11NO. The van der Waals surface area contributed by atoms with Crippen LogP contribution >= 0.6 is 0 Å². The lowest BCUT2D eigenvalue weighted by Gasteiger charge is -2.05. The number of hydrogen-bond donors (Lipinski definition) is 2. The van der Waals surface area contributed by atoms with Crippen LogP contribution in [0.1, 0.15) is 11.1 Å². The number of benzene rings is 2. The van der Waals surface area contributed by atoms with Crippen LogP contribution in [0.2, 0.25) is 0 Å². The largest absolute Gasteiger partial charge is 0.392 e. The molecule has 70 valence electrons. The highest BCUT2D eigenvalue weighted by molar-refractivity contribution is 6.00. The van der Waals surface area contributed by atoms with Gasteiger partial charge in [0, 0.05) is 6.21 Å². The zero-order valence-electron chi connectivity index (χ0n) is 7.70. The topological polar surface area (TPSA) is 44.1 Å². The Morgan fingerprint density at radius 2 is 1.79 bits per heavy atom. The Morgan fingerprint density at radius 3 is 2.50 bits per heavy atom. The van der Waals surface area contributed by atoms with Gasteiger partial charge in [0.25, 0.3) is 0 Å². The van der Waals surface area contributed by atoms with Gasteiger partial charge in [0.15, 0.2) is 0 Å². The molecule has 2 N–H and O–H groups in total. The molecule has 0 fully saturated rings. The second-order valence-electron chi connectivity index (χ2n) is 3.16. The van der Waals surface area contributed by atoms with Gasteiger partial charge in [-0.2, -0.15) is 0 Å². The Labute approximate surface area is 82.3 Å². The van der Waals surface area contributed by atoms with Crippen molar-refractivity contribution in [3.63, 3.8) is 0 Å². The first-order valence-corrected chi connectivity index (χ1v) is 4.49. The molecule has 2 rings (SSSR count). The Morgan fingerprint density at radius 1 is 1.07 bits per heavy atom. The molecular weight excluding hydrogens is 174 g/mol. The maximum Gasteiger partial charge on any atom is 0.0687 e. The van der Waals surface area contributed by atoms with Gasteiger partial charge >= 0.3 is 0 Å². The maximum absolute atomic E-state index is 9.14. The fourth-order valence-corrected chi connectivity index (χ4v) is 1.66. The van der Waals surface area contributed by atoms with E-state index in [4.69, 9.17) is 10.5 Å². The number of rotatable bonds is 2. The Bertz CT molecular complexity index is 477. The van der Waals surface area contributed by atoms with Gasteiger partial charge in [-0.15, -0.1) is 0 Å². The Kier molecular flexibility index (Phi) is 2.29. The fourth-order valence-electron chi connectivity index (χ4n) is 1.66. The molecule has 2 heteroatoms. The average Bonchev–Trinajstić information content (AvgIpc) is 2.27. The molecule has 0 spiro atoms. The zero-order chi connectivity index (χ0) is 9.97. The molecule has 0 saturated heterocycles. The van der Waals surface area contributed by atoms with Crippen molar-refractivity contribution in [3.8, 4) is 0 Å². The first-order valence-electron chi connectivity index (χ1n) is 4.49. The molecule has 0 amide bonds. The highest BCUT2D eigenvalue weighted by Crippen LogP contribution is 2.21. The SMILES string of the molecule is N=Cc1cccc2c(CO)cccc12. The minimum Gasteiger partial charge on any atom is -0.392 e. The summed E-state index contributed by atoms with van der Waals surface area (Å²) in [5.41, 5.74) is 1.80. The van der Waals surface area contributed by atoms with Crippen molar-refractivity contribution in [1.82, 2.24) is 0 Å². The molecule has 0 saturated carbocycles. The minimum atomic E-state index is 0.0405. The van der Waals surface area contributed by atoms with Gasteiger partial charge in [-0.3, -0.25) is 0 Å². The third-order valence-corrected chi connectivity index (χ3v) is 2.37. The van der Waals surface area contributed by atoms with Gasteiger partial charge < -0.3 is 10.5 Å². The highest BCUT2D eigenvalue weighted by Gasteiger charge is 2.01. The van der Waals surface area contributed by atoms with Crippen molar-refractivity contribution >= 4 is 17.0 Å². The van der Waals surface area contributed by atoms with E-state index in [0.717, 1.165) is 21.9 Å². The van der Waals surface area contributed by atoms with E-state index in [1.165, 1.54) is 6.21 Å². The van der Waals surface area contributed by atoms with E-state index >= 15 is 0 Å². The van der Waals surface area contributed by atoms with E-state index in [1.54, 1.807) is 0 Å². The van der Waals surface area contributed by atoms with Crippen LogP contribution in [0.3, 0.4) is 0 Å². The average molecular weight is 185 g/mol. The molecule has 0 aliphatic heterocycles. The molecule has 0 unspecified atom stereocenters. The van der Waals surface area contributed by atoms with Crippen LogP contribution in [-0.4, -0.2) is 11.3 Å². The maximum atomic E-state index is 9.14. The predicted molar refractivity (Wildman–Crippen MR) is 57.8 cm³/mol. The molecule has 0 radical (unpaired) electrons. The van der Waals surface area contributed by atoms with Crippen molar-refractivity contribution in [2.45, 2.75) is 6.61 Å². The minimum absolute atomic E-state index is 0.0405. The summed E-state index contributed by atoms with van der Waals surface area (Å²) < 4.78 is 0. The van der Waals surface area contributed by atoms with Crippen LogP contribution in [0.15, 0.2) is 36.4 Å². The lowest BCUT2D eigenvalue weighted by atomic mass is 10.0. The van der Waals surface area contributed by atoms with Crippen molar-refractivity contribution in [3.05, 3.63) is 47.5 Å². The summed E-state index contributed by atoms with van der Waals surface area (Å²) in [4.78, 5) is 0. The van der Waals surface area contributed by atoms with Crippen LogP contribution in [0, 0.1) is 5.41 Å². The van der Waals surface area contributed by atoms with E-state index in [-0.39, 0.29) is 6.61 Å². The van der Waals surface area contributed by atoms with Crippen molar-refractivity contribution in [2.75, 3.05) is 0 Å². The molecule has 0 bridgehead atoms. The summed E-state index contributed by atoms with van der Waals surface area (Å²) in [5.74, 6) is 0. The summed E-state index contributed by atoms with van der Waals surface area (Å²) >= 11 is 0. The van der Waals surface area contributed by atoms with Crippen molar-refractivity contribution in [2.24, 2.45) is 0 Å². The Hall–Kier alpha value is -1.67. The molecule has 0 aliphatic carbocycles. The first kappa shape index (κ1) is 8.91. The van der Waals surface area contributed by atoms with Gasteiger partial charge in [-0.05, 0) is 21.9 Å². The van der Waals surface area contributed by atoms with Crippen LogP contribution in [0.25, 0.3) is 10.8 Å². The molecule has 2 aromatic rings. The van der Waals surface area contributed by atoms with Gasteiger partial charge in [-0.25, -0.2) is 0 Å². The van der Waals surface area contributed by atoms with Crippen molar-refractivity contribution < 1.29 is 5.11 Å². The molecule has 0 aliphatic rings. The van der Waals surface area contributed by atoms with E-state index in [2.05, 4.69) is 0 Å². The van der Waals surface area contributed by atoms with Gasteiger partial charge in [0.1, 0.15) is 0 Å². The van der Waals surface area contributed by atoms with Crippen LogP contribution < -0.4 is 0 Å². The summed E-state index contributed by atoms with van der Waals surface area (Å²) in [7, 11) is 0. The molecule has 2 aromatic carbocycles. The van der Waals surface area contributed by atoms with Crippen LogP contribution in [0.5, 0.6) is 0 Å². The number of aliphatic hydroxyl groups excluding tert-OH is 1. The first-order chi connectivity index (χ1) is 6.86. The lowest BCUT2D eigenvalue weighted by molar-refractivity contribution is 0.283. The molecule has 2 nitrogen and oxygen atoms in total. The third-order valence-electron chi connectivity index (χ3n) is 2.37. The van der Waals surface area contributed by atoms with Crippen LogP contribution in [0.4, 0.5) is 0 Å². The van der Waals surface area contributed by atoms with E-state index in [0.29, 0.717) is 0 Å².